The minimum absolute atomic E-state index is 0.0806. The molecule has 1 atom stereocenters. The number of unbranched alkanes of at least 4 members (excludes halogenated alkanes) is 37. The Labute approximate surface area is 490 Å². The van der Waals surface area contributed by atoms with Crippen LogP contribution in [0.15, 0.2) is 85.1 Å². The maximum Gasteiger partial charge on any atom is 0.306 e. The van der Waals surface area contributed by atoms with Crippen LogP contribution in [0.3, 0.4) is 0 Å². The molecule has 1 unspecified atom stereocenters. The van der Waals surface area contributed by atoms with Crippen molar-refractivity contribution in [1.29, 1.82) is 0 Å². The first-order valence-electron chi connectivity index (χ1n) is 34.1. The Hall–Kier alpha value is -3.41. The van der Waals surface area contributed by atoms with Gasteiger partial charge in [0, 0.05) is 19.3 Å². The lowest BCUT2D eigenvalue weighted by Crippen LogP contribution is -2.30. The minimum Gasteiger partial charge on any atom is -0.462 e. The standard InChI is InChI=1S/C73H128O6/c1-4-7-10-13-16-19-22-25-28-31-33-34-35-36-37-38-40-42-45-48-51-54-57-60-63-66-72(75)78-69-70(68-77-71(74)65-62-59-56-53-50-47-44-41-30-27-24-21-18-15-12-9-6-3)79-73(76)67-64-61-58-55-52-49-46-43-39-32-29-26-23-20-17-14-11-8-5-2/h8,11,17,20,22,25-26,29,31,33,35-36,39,43,70H,4-7,9-10,12-16,18-19,21,23-24,27-28,30,32,34,37-38,40-42,44-69H2,1-3H3/b11-8-,20-17-,25-22-,29-26-,33-31-,36-35-,43-39-. The van der Waals surface area contributed by atoms with E-state index in [9.17, 15) is 14.4 Å². The molecule has 0 aromatic heterocycles. The molecule has 0 aliphatic heterocycles. The second-order valence-electron chi connectivity index (χ2n) is 22.7. The summed E-state index contributed by atoms with van der Waals surface area (Å²) in [4.78, 5) is 38.4. The summed E-state index contributed by atoms with van der Waals surface area (Å²) in [5.41, 5.74) is 0. The van der Waals surface area contributed by atoms with Gasteiger partial charge in [-0.1, -0.05) is 311 Å². The summed E-state index contributed by atoms with van der Waals surface area (Å²) in [6, 6.07) is 0. The second kappa shape index (κ2) is 67.1. The number of allylic oxidation sites excluding steroid dienone is 14. The average molecular weight is 1100 g/mol. The van der Waals surface area contributed by atoms with Crippen molar-refractivity contribution in [2.75, 3.05) is 13.2 Å². The van der Waals surface area contributed by atoms with E-state index in [1.165, 1.54) is 193 Å². The molecular weight excluding hydrogens is 973 g/mol. The van der Waals surface area contributed by atoms with Gasteiger partial charge in [0.25, 0.3) is 0 Å². The number of hydrogen-bond acceptors (Lipinski definition) is 6. The largest absolute Gasteiger partial charge is 0.462 e. The molecule has 0 aromatic rings. The van der Waals surface area contributed by atoms with Crippen LogP contribution in [0.25, 0.3) is 0 Å². The molecule has 0 saturated heterocycles. The van der Waals surface area contributed by atoms with Gasteiger partial charge < -0.3 is 14.2 Å². The first-order chi connectivity index (χ1) is 39.0. The molecule has 0 saturated carbocycles. The third-order valence-corrected chi connectivity index (χ3v) is 14.9. The van der Waals surface area contributed by atoms with Crippen LogP contribution in [-0.4, -0.2) is 37.2 Å². The van der Waals surface area contributed by atoms with Crippen LogP contribution < -0.4 is 0 Å². The molecule has 0 N–H and O–H groups in total. The maximum atomic E-state index is 12.9. The van der Waals surface area contributed by atoms with E-state index in [0.717, 1.165) is 109 Å². The molecule has 0 heterocycles. The number of carbonyl (C=O) groups is 3. The van der Waals surface area contributed by atoms with Gasteiger partial charge in [0.2, 0.25) is 0 Å². The van der Waals surface area contributed by atoms with E-state index in [2.05, 4.69) is 106 Å². The predicted octanol–water partition coefficient (Wildman–Crippen LogP) is 23.4. The quantitative estimate of drug-likeness (QED) is 0.0261. The van der Waals surface area contributed by atoms with Gasteiger partial charge in [0.1, 0.15) is 13.2 Å². The van der Waals surface area contributed by atoms with Gasteiger partial charge in [-0.25, -0.2) is 0 Å². The van der Waals surface area contributed by atoms with Crippen LogP contribution >= 0.6 is 0 Å². The lowest BCUT2D eigenvalue weighted by atomic mass is 10.0. The van der Waals surface area contributed by atoms with Crippen molar-refractivity contribution in [1.82, 2.24) is 0 Å². The molecule has 0 rings (SSSR count). The molecule has 0 fully saturated rings. The van der Waals surface area contributed by atoms with E-state index in [1.807, 2.05) is 0 Å². The van der Waals surface area contributed by atoms with Crippen LogP contribution in [0.1, 0.15) is 342 Å². The van der Waals surface area contributed by atoms with Crippen LogP contribution in [0.5, 0.6) is 0 Å². The highest BCUT2D eigenvalue weighted by Gasteiger charge is 2.19. The molecule has 6 heteroatoms. The first kappa shape index (κ1) is 75.6. The van der Waals surface area contributed by atoms with Crippen molar-refractivity contribution >= 4 is 17.9 Å². The first-order valence-corrected chi connectivity index (χ1v) is 34.1. The number of carbonyl (C=O) groups excluding carboxylic acids is 3. The van der Waals surface area contributed by atoms with Gasteiger partial charge in [-0.05, 0) is 96.3 Å². The Morgan fingerprint density at radius 1 is 0.266 bits per heavy atom. The van der Waals surface area contributed by atoms with Crippen LogP contribution in [0.4, 0.5) is 0 Å². The Kier molecular flexibility index (Phi) is 64.2. The molecule has 79 heavy (non-hydrogen) atoms. The summed E-state index contributed by atoms with van der Waals surface area (Å²) in [5, 5.41) is 0. The summed E-state index contributed by atoms with van der Waals surface area (Å²) in [5.74, 6) is -0.881. The van der Waals surface area contributed by atoms with Crippen molar-refractivity contribution in [3.63, 3.8) is 0 Å². The van der Waals surface area contributed by atoms with E-state index in [0.29, 0.717) is 19.3 Å². The van der Waals surface area contributed by atoms with Crippen LogP contribution in [-0.2, 0) is 28.6 Å². The summed E-state index contributed by atoms with van der Waals surface area (Å²) in [6.45, 7) is 6.55. The number of hydrogen-bond donors (Lipinski definition) is 0. The monoisotopic (exact) mass is 1100 g/mol. The Bertz CT molecular complexity index is 1500. The van der Waals surface area contributed by atoms with E-state index in [1.54, 1.807) is 0 Å². The fourth-order valence-electron chi connectivity index (χ4n) is 9.80. The van der Waals surface area contributed by atoms with Crippen LogP contribution in [0, 0.1) is 0 Å². The van der Waals surface area contributed by atoms with Crippen LogP contribution in [0.2, 0.25) is 0 Å². The van der Waals surface area contributed by atoms with E-state index >= 15 is 0 Å². The Balaban J connectivity index is 4.36. The van der Waals surface area contributed by atoms with Crippen molar-refractivity contribution in [2.24, 2.45) is 0 Å². The smallest absolute Gasteiger partial charge is 0.306 e. The van der Waals surface area contributed by atoms with Gasteiger partial charge >= 0.3 is 17.9 Å². The summed E-state index contributed by atoms with van der Waals surface area (Å²) in [6.07, 6.45) is 88.8. The highest BCUT2D eigenvalue weighted by Crippen LogP contribution is 2.17. The molecule has 0 aliphatic carbocycles. The highest BCUT2D eigenvalue weighted by molar-refractivity contribution is 5.71. The van der Waals surface area contributed by atoms with Gasteiger partial charge in [0.15, 0.2) is 6.10 Å². The third-order valence-electron chi connectivity index (χ3n) is 14.9. The molecule has 0 radical (unpaired) electrons. The lowest BCUT2D eigenvalue weighted by molar-refractivity contribution is -0.167. The maximum absolute atomic E-state index is 12.9. The van der Waals surface area contributed by atoms with E-state index < -0.39 is 6.10 Å². The number of rotatable bonds is 62. The fraction of sp³-hybridized carbons (Fsp3) is 0.767. The van der Waals surface area contributed by atoms with Gasteiger partial charge in [0.05, 0.1) is 0 Å². The van der Waals surface area contributed by atoms with Crippen molar-refractivity contribution in [2.45, 2.75) is 348 Å². The molecule has 0 spiro atoms. The Morgan fingerprint density at radius 2 is 0.494 bits per heavy atom. The molecule has 456 valence electrons. The highest BCUT2D eigenvalue weighted by atomic mass is 16.6. The second-order valence-corrected chi connectivity index (χ2v) is 22.7. The van der Waals surface area contributed by atoms with E-state index in [-0.39, 0.29) is 31.1 Å². The van der Waals surface area contributed by atoms with Crippen molar-refractivity contribution in [3.05, 3.63) is 85.1 Å². The SMILES string of the molecule is CC/C=C\C/C=C\C/C=C\C/C=C\CCCCCCCCC(=O)OC(COC(=O)CCCCCCCCCCCC/C=C\C/C=C\C/C=C\CCCCCCC)COC(=O)CCCCCCCCCCCCCCCCCCC. The topological polar surface area (TPSA) is 78.9 Å². The normalized spacial score (nSPS) is 12.6. The summed E-state index contributed by atoms with van der Waals surface area (Å²) >= 11 is 0. The van der Waals surface area contributed by atoms with Gasteiger partial charge in [-0.15, -0.1) is 0 Å². The molecule has 6 nitrogen and oxygen atoms in total. The zero-order chi connectivity index (χ0) is 57.1. The average Bonchev–Trinajstić information content (AvgIpc) is 3.45. The van der Waals surface area contributed by atoms with Crippen molar-refractivity contribution in [3.8, 4) is 0 Å². The zero-order valence-electron chi connectivity index (χ0n) is 52.4. The lowest BCUT2D eigenvalue weighted by Gasteiger charge is -2.18. The Morgan fingerprint density at radius 3 is 0.772 bits per heavy atom. The molecule has 0 bridgehead atoms. The molecule has 0 amide bonds. The molecular formula is C73H128O6. The molecule has 0 aromatic carbocycles. The van der Waals surface area contributed by atoms with E-state index in [4.69, 9.17) is 14.2 Å². The molecule has 0 aliphatic rings. The fourth-order valence-corrected chi connectivity index (χ4v) is 9.80. The zero-order valence-corrected chi connectivity index (χ0v) is 52.4. The van der Waals surface area contributed by atoms with Gasteiger partial charge in [-0.3, -0.25) is 14.4 Å². The van der Waals surface area contributed by atoms with Crippen molar-refractivity contribution < 1.29 is 28.6 Å². The number of esters is 3. The minimum atomic E-state index is -0.787. The predicted molar refractivity (Wildman–Crippen MR) is 344 cm³/mol. The summed E-state index contributed by atoms with van der Waals surface area (Å²) < 4.78 is 17.0. The van der Waals surface area contributed by atoms with Gasteiger partial charge in [-0.2, -0.15) is 0 Å². The third kappa shape index (κ3) is 65.3. The summed E-state index contributed by atoms with van der Waals surface area (Å²) in [7, 11) is 0. The number of ether oxygens (including phenoxy) is 3.